The first kappa shape index (κ1) is 17.5. The highest BCUT2D eigenvalue weighted by molar-refractivity contribution is 5.77. The van der Waals surface area contributed by atoms with Gasteiger partial charge in [-0.05, 0) is 42.8 Å². The summed E-state index contributed by atoms with van der Waals surface area (Å²) >= 11 is 0. The van der Waals surface area contributed by atoms with E-state index in [1.54, 1.807) is 36.5 Å². The molecule has 5 heteroatoms. The molecule has 132 valence electrons. The van der Waals surface area contributed by atoms with E-state index in [1.165, 1.54) is 5.56 Å². The summed E-state index contributed by atoms with van der Waals surface area (Å²) < 4.78 is 11.1. The molecule has 1 heterocycles. The molecule has 3 rings (SSSR count). The van der Waals surface area contributed by atoms with Crippen molar-refractivity contribution in [3.63, 3.8) is 0 Å². The zero-order valence-electron chi connectivity index (χ0n) is 14.5. The average Bonchev–Trinajstić information content (AvgIpc) is 2.68. The van der Waals surface area contributed by atoms with Crippen LogP contribution in [-0.2, 0) is 11.3 Å². The second-order valence-electron chi connectivity index (χ2n) is 5.79. The van der Waals surface area contributed by atoms with Crippen molar-refractivity contribution in [3.05, 3.63) is 84.1 Å². The SMILES string of the molecule is Cc1ccc(CNC(=O)COc2ccc(Oc3ccccn3)cc2)cc1. The predicted molar refractivity (Wildman–Crippen MR) is 99.3 cm³/mol. The number of aromatic nitrogens is 1. The van der Waals surface area contributed by atoms with Crippen molar-refractivity contribution in [2.45, 2.75) is 13.5 Å². The molecule has 0 atom stereocenters. The number of amides is 1. The van der Waals surface area contributed by atoms with Crippen molar-refractivity contribution >= 4 is 5.91 Å². The zero-order chi connectivity index (χ0) is 18.2. The Morgan fingerprint density at radius 2 is 1.69 bits per heavy atom. The number of nitrogens with one attached hydrogen (secondary N) is 1. The lowest BCUT2D eigenvalue weighted by atomic mass is 10.1. The molecule has 0 aliphatic heterocycles. The Bertz CT molecular complexity index is 831. The Morgan fingerprint density at radius 1 is 0.962 bits per heavy atom. The average molecular weight is 348 g/mol. The maximum atomic E-state index is 11.9. The molecule has 1 N–H and O–H groups in total. The minimum absolute atomic E-state index is 0.0354. The molecule has 0 aliphatic rings. The highest BCUT2D eigenvalue weighted by atomic mass is 16.5. The largest absolute Gasteiger partial charge is 0.484 e. The van der Waals surface area contributed by atoms with Crippen LogP contribution >= 0.6 is 0 Å². The molecular formula is C21H20N2O3. The molecular weight excluding hydrogens is 328 g/mol. The fraction of sp³-hybridized carbons (Fsp3) is 0.143. The molecule has 1 aromatic heterocycles. The number of rotatable bonds is 7. The molecule has 5 nitrogen and oxygen atoms in total. The second-order valence-corrected chi connectivity index (χ2v) is 5.79. The summed E-state index contributed by atoms with van der Waals surface area (Å²) in [6.07, 6.45) is 1.67. The first-order valence-corrected chi connectivity index (χ1v) is 8.33. The fourth-order valence-corrected chi connectivity index (χ4v) is 2.24. The Labute approximate surface area is 152 Å². The van der Waals surface area contributed by atoms with Crippen LogP contribution in [0.25, 0.3) is 0 Å². The number of nitrogens with zero attached hydrogens (tertiary/aromatic N) is 1. The van der Waals surface area contributed by atoms with E-state index >= 15 is 0 Å². The minimum Gasteiger partial charge on any atom is -0.484 e. The molecule has 26 heavy (non-hydrogen) atoms. The number of hydrogen-bond donors (Lipinski definition) is 1. The van der Waals surface area contributed by atoms with Crippen LogP contribution in [0.4, 0.5) is 0 Å². The van der Waals surface area contributed by atoms with Gasteiger partial charge in [-0.25, -0.2) is 4.98 Å². The van der Waals surface area contributed by atoms with Gasteiger partial charge in [0.25, 0.3) is 5.91 Å². The normalized spacial score (nSPS) is 10.2. The van der Waals surface area contributed by atoms with E-state index < -0.39 is 0 Å². The Kier molecular flexibility index (Phi) is 5.83. The van der Waals surface area contributed by atoms with E-state index in [9.17, 15) is 4.79 Å². The summed E-state index contributed by atoms with van der Waals surface area (Å²) in [5.41, 5.74) is 2.25. The molecule has 0 saturated carbocycles. The highest BCUT2D eigenvalue weighted by Crippen LogP contribution is 2.22. The summed E-state index contributed by atoms with van der Waals surface area (Å²) in [5, 5.41) is 2.84. The van der Waals surface area contributed by atoms with Crippen LogP contribution in [0.15, 0.2) is 72.9 Å². The van der Waals surface area contributed by atoms with Gasteiger partial charge in [-0.2, -0.15) is 0 Å². The van der Waals surface area contributed by atoms with Crippen molar-refractivity contribution in [1.29, 1.82) is 0 Å². The van der Waals surface area contributed by atoms with Gasteiger partial charge in [0.05, 0.1) is 0 Å². The monoisotopic (exact) mass is 348 g/mol. The third kappa shape index (κ3) is 5.34. The number of ether oxygens (including phenoxy) is 2. The lowest BCUT2D eigenvalue weighted by Gasteiger charge is -2.09. The van der Waals surface area contributed by atoms with Crippen molar-refractivity contribution in [3.8, 4) is 17.4 Å². The quantitative estimate of drug-likeness (QED) is 0.704. The van der Waals surface area contributed by atoms with Gasteiger partial charge in [0.15, 0.2) is 6.61 Å². The molecule has 0 bridgehead atoms. The highest BCUT2D eigenvalue weighted by Gasteiger charge is 2.04. The van der Waals surface area contributed by atoms with Gasteiger partial charge in [0.2, 0.25) is 5.88 Å². The lowest BCUT2D eigenvalue weighted by Crippen LogP contribution is -2.28. The molecule has 0 unspecified atom stereocenters. The van der Waals surface area contributed by atoms with Gasteiger partial charge >= 0.3 is 0 Å². The first-order chi connectivity index (χ1) is 12.7. The van der Waals surface area contributed by atoms with E-state index in [4.69, 9.17) is 9.47 Å². The van der Waals surface area contributed by atoms with Crippen LogP contribution in [0.1, 0.15) is 11.1 Å². The molecule has 0 radical (unpaired) electrons. The van der Waals surface area contributed by atoms with E-state index in [-0.39, 0.29) is 12.5 Å². The molecule has 2 aromatic carbocycles. The van der Waals surface area contributed by atoms with Gasteiger partial charge in [-0.1, -0.05) is 35.9 Å². The maximum Gasteiger partial charge on any atom is 0.258 e. The summed E-state index contributed by atoms with van der Waals surface area (Å²) in [6.45, 7) is 2.48. The first-order valence-electron chi connectivity index (χ1n) is 8.33. The van der Waals surface area contributed by atoms with Crippen molar-refractivity contribution in [1.82, 2.24) is 10.3 Å². The minimum atomic E-state index is -0.167. The van der Waals surface area contributed by atoms with Gasteiger partial charge in [0.1, 0.15) is 11.5 Å². The van der Waals surface area contributed by atoms with E-state index in [0.29, 0.717) is 23.9 Å². The van der Waals surface area contributed by atoms with E-state index in [1.807, 2.05) is 43.3 Å². The molecule has 3 aromatic rings. The zero-order valence-corrected chi connectivity index (χ0v) is 14.5. The van der Waals surface area contributed by atoms with Crippen LogP contribution < -0.4 is 14.8 Å². The third-order valence-electron chi connectivity index (χ3n) is 3.66. The van der Waals surface area contributed by atoms with Crippen LogP contribution in [0, 0.1) is 6.92 Å². The molecule has 0 saturated heterocycles. The van der Waals surface area contributed by atoms with E-state index in [0.717, 1.165) is 5.56 Å². The molecule has 0 fully saturated rings. The Balaban J connectivity index is 1.44. The van der Waals surface area contributed by atoms with Crippen molar-refractivity contribution in [2.24, 2.45) is 0 Å². The third-order valence-corrected chi connectivity index (χ3v) is 3.66. The van der Waals surface area contributed by atoms with E-state index in [2.05, 4.69) is 10.3 Å². The predicted octanol–water partition coefficient (Wildman–Crippen LogP) is 3.88. The van der Waals surface area contributed by atoms with Crippen LogP contribution in [0.3, 0.4) is 0 Å². The number of benzene rings is 2. The number of carbonyl (C=O) groups is 1. The van der Waals surface area contributed by atoms with Crippen LogP contribution in [0.5, 0.6) is 17.4 Å². The summed E-state index contributed by atoms with van der Waals surface area (Å²) in [7, 11) is 0. The van der Waals surface area contributed by atoms with Gasteiger partial charge in [0, 0.05) is 18.8 Å². The summed E-state index contributed by atoms with van der Waals surface area (Å²) in [4.78, 5) is 16.0. The number of aryl methyl sites for hydroxylation is 1. The lowest BCUT2D eigenvalue weighted by molar-refractivity contribution is -0.123. The van der Waals surface area contributed by atoms with Crippen molar-refractivity contribution in [2.75, 3.05) is 6.61 Å². The topological polar surface area (TPSA) is 60.5 Å². The molecule has 1 amide bonds. The smallest absolute Gasteiger partial charge is 0.258 e. The number of carbonyl (C=O) groups excluding carboxylic acids is 1. The summed E-state index contributed by atoms with van der Waals surface area (Å²) in [5.74, 6) is 1.61. The number of hydrogen-bond acceptors (Lipinski definition) is 4. The Morgan fingerprint density at radius 3 is 2.38 bits per heavy atom. The maximum absolute atomic E-state index is 11.9. The van der Waals surface area contributed by atoms with Crippen LogP contribution in [0.2, 0.25) is 0 Å². The summed E-state index contributed by atoms with van der Waals surface area (Å²) in [6, 6.07) is 20.6. The van der Waals surface area contributed by atoms with Crippen LogP contribution in [-0.4, -0.2) is 17.5 Å². The van der Waals surface area contributed by atoms with Gasteiger partial charge in [-0.15, -0.1) is 0 Å². The molecule has 0 aliphatic carbocycles. The fourth-order valence-electron chi connectivity index (χ4n) is 2.24. The van der Waals surface area contributed by atoms with Gasteiger partial charge in [-0.3, -0.25) is 4.79 Å². The van der Waals surface area contributed by atoms with Crippen molar-refractivity contribution < 1.29 is 14.3 Å². The second kappa shape index (κ2) is 8.67. The molecule has 0 spiro atoms. The number of pyridine rings is 1. The Hall–Kier alpha value is -3.34. The standard InChI is InChI=1S/C21H20N2O3/c1-16-5-7-17(8-6-16)14-23-20(24)15-25-18-9-11-19(12-10-18)26-21-4-2-3-13-22-21/h2-13H,14-15H2,1H3,(H,23,24). The van der Waals surface area contributed by atoms with Gasteiger partial charge < -0.3 is 14.8 Å².